The second-order valence-corrected chi connectivity index (χ2v) is 3.63. The SMILES string of the molecule is CCCCc1ccccc1OCCCl. The van der Waals surface area contributed by atoms with E-state index in [0.717, 1.165) is 12.2 Å². The molecule has 0 aromatic heterocycles. The summed E-state index contributed by atoms with van der Waals surface area (Å²) in [6, 6.07) is 8.19. The summed E-state index contributed by atoms with van der Waals surface area (Å²) < 4.78 is 5.55. The monoisotopic (exact) mass is 212 g/mol. The minimum Gasteiger partial charge on any atom is -0.492 e. The van der Waals surface area contributed by atoms with Crippen LogP contribution in [0.2, 0.25) is 0 Å². The van der Waals surface area contributed by atoms with E-state index >= 15 is 0 Å². The van der Waals surface area contributed by atoms with E-state index in [1.54, 1.807) is 0 Å². The number of aryl methyl sites for hydroxylation is 1. The van der Waals surface area contributed by atoms with Gasteiger partial charge >= 0.3 is 0 Å². The van der Waals surface area contributed by atoms with Crippen LogP contribution in [0.4, 0.5) is 0 Å². The van der Waals surface area contributed by atoms with E-state index in [4.69, 9.17) is 16.3 Å². The highest BCUT2D eigenvalue weighted by atomic mass is 35.5. The number of halogens is 1. The van der Waals surface area contributed by atoms with Gasteiger partial charge in [0, 0.05) is 0 Å². The van der Waals surface area contributed by atoms with Crippen molar-refractivity contribution < 1.29 is 4.74 Å². The van der Waals surface area contributed by atoms with E-state index in [1.807, 2.05) is 12.1 Å². The van der Waals surface area contributed by atoms with E-state index in [2.05, 4.69) is 19.1 Å². The predicted molar refractivity (Wildman–Crippen MR) is 61.3 cm³/mol. The highest BCUT2D eigenvalue weighted by molar-refractivity contribution is 6.18. The van der Waals surface area contributed by atoms with Crippen LogP contribution in [0.15, 0.2) is 24.3 Å². The van der Waals surface area contributed by atoms with E-state index in [1.165, 1.54) is 18.4 Å². The number of rotatable bonds is 6. The molecule has 0 aliphatic heterocycles. The molecule has 0 atom stereocenters. The summed E-state index contributed by atoms with van der Waals surface area (Å²) in [6.07, 6.45) is 3.51. The lowest BCUT2D eigenvalue weighted by Crippen LogP contribution is -2.00. The maximum Gasteiger partial charge on any atom is 0.122 e. The van der Waals surface area contributed by atoms with Gasteiger partial charge in [0.05, 0.1) is 5.88 Å². The van der Waals surface area contributed by atoms with Gasteiger partial charge in [-0.05, 0) is 24.5 Å². The van der Waals surface area contributed by atoms with Crippen molar-refractivity contribution >= 4 is 11.6 Å². The maximum absolute atomic E-state index is 5.58. The lowest BCUT2D eigenvalue weighted by molar-refractivity contribution is 0.338. The Morgan fingerprint density at radius 3 is 2.79 bits per heavy atom. The van der Waals surface area contributed by atoms with Gasteiger partial charge in [-0.25, -0.2) is 0 Å². The molecule has 1 aromatic rings. The average Bonchev–Trinajstić information content (AvgIpc) is 2.24. The molecular weight excluding hydrogens is 196 g/mol. The van der Waals surface area contributed by atoms with Crippen molar-refractivity contribution in [2.24, 2.45) is 0 Å². The summed E-state index contributed by atoms with van der Waals surface area (Å²) in [5.41, 5.74) is 1.29. The molecule has 0 N–H and O–H groups in total. The molecule has 1 nitrogen and oxygen atoms in total. The van der Waals surface area contributed by atoms with Crippen LogP contribution < -0.4 is 4.74 Å². The molecule has 0 bridgehead atoms. The first-order chi connectivity index (χ1) is 6.88. The third-order valence-electron chi connectivity index (χ3n) is 2.11. The quantitative estimate of drug-likeness (QED) is 0.655. The molecule has 78 valence electrons. The van der Waals surface area contributed by atoms with Gasteiger partial charge in [-0.3, -0.25) is 0 Å². The van der Waals surface area contributed by atoms with Crippen LogP contribution >= 0.6 is 11.6 Å². The summed E-state index contributed by atoms with van der Waals surface area (Å²) in [6.45, 7) is 2.78. The van der Waals surface area contributed by atoms with Gasteiger partial charge in [-0.1, -0.05) is 31.5 Å². The van der Waals surface area contributed by atoms with Crippen molar-refractivity contribution in [2.45, 2.75) is 26.2 Å². The fraction of sp³-hybridized carbons (Fsp3) is 0.500. The van der Waals surface area contributed by atoms with Gasteiger partial charge in [0.15, 0.2) is 0 Å². The largest absolute Gasteiger partial charge is 0.492 e. The van der Waals surface area contributed by atoms with Crippen LogP contribution in [0.1, 0.15) is 25.3 Å². The van der Waals surface area contributed by atoms with E-state index < -0.39 is 0 Å². The van der Waals surface area contributed by atoms with Crippen LogP contribution in [-0.2, 0) is 6.42 Å². The van der Waals surface area contributed by atoms with Crippen LogP contribution in [0.5, 0.6) is 5.75 Å². The summed E-state index contributed by atoms with van der Waals surface area (Å²) in [5.74, 6) is 1.53. The third-order valence-corrected chi connectivity index (χ3v) is 2.26. The lowest BCUT2D eigenvalue weighted by Gasteiger charge is -2.09. The van der Waals surface area contributed by atoms with Gasteiger partial charge in [-0.15, -0.1) is 11.6 Å². The predicted octanol–water partition coefficient (Wildman–Crippen LogP) is 3.65. The summed E-state index contributed by atoms with van der Waals surface area (Å²) >= 11 is 5.58. The molecule has 14 heavy (non-hydrogen) atoms. The standard InChI is InChI=1S/C12H17ClO/c1-2-3-6-11-7-4-5-8-12(11)14-10-9-13/h4-5,7-8H,2-3,6,9-10H2,1H3. The Balaban J connectivity index is 2.60. The summed E-state index contributed by atoms with van der Waals surface area (Å²) in [7, 11) is 0. The van der Waals surface area contributed by atoms with E-state index in [-0.39, 0.29) is 0 Å². The lowest BCUT2D eigenvalue weighted by atomic mass is 10.1. The zero-order valence-corrected chi connectivity index (χ0v) is 9.39. The molecule has 0 saturated carbocycles. The van der Waals surface area contributed by atoms with Crippen LogP contribution in [-0.4, -0.2) is 12.5 Å². The number of benzene rings is 1. The molecule has 0 saturated heterocycles. The Hall–Kier alpha value is -0.690. The molecule has 0 heterocycles. The molecule has 0 fully saturated rings. The number of unbranched alkanes of at least 4 members (excludes halogenated alkanes) is 1. The molecule has 0 aliphatic carbocycles. The normalized spacial score (nSPS) is 10.1. The Morgan fingerprint density at radius 1 is 1.29 bits per heavy atom. The first-order valence-electron chi connectivity index (χ1n) is 5.15. The molecule has 0 spiro atoms. The fourth-order valence-electron chi connectivity index (χ4n) is 1.37. The van der Waals surface area contributed by atoms with Crippen molar-refractivity contribution in [1.29, 1.82) is 0 Å². The molecule has 1 rings (SSSR count). The van der Waals surface area contributed by atoms with Crippen LogP contribution in [0.3, 0.4) is 0 Å². The topological polar surface area (TPSA) is 9.23 Å². The minimum absolute atomic E-state index is 0.544. The van der Waals surface area contributed by atoms with Gasteiger partial charge in [-0.2, -0.15) is 0 Å². The Bertz CT molecular complexity index is 233. The highest BCUT2D eigenvalue weighted by Gasteiger charge is 2.01. The van der Waals surface area contributed by atoms with Crippen LogP contribution in [0, 0.1) is 0 Å². The van der Waals surface area contributed by atoms with Crippen LogP contribution in [0.25, 0.3) is 0 Å². The number of hydrogen-bond donors (Lipinski definition) is 0. The molecule has 0 radical (unpaired) electrons. The Morgan fingerprint density at radius 2 is 2.07 bits per heavy atom. The van der Waals surface area contributed by atoms with Crippen molar-refractivity contribution in [2.75, 3.05) is 12.5 Å². The second kappa shape index (κ2) is 6.72. The molecular formula is C12H17ClO. The van der Waals surface area contributed by atoms with Gasteiger partial charge in [0.25, 0.3) is 0 Å². The Kier molecular flexibility index (Phi) is 5.46. The third kappa shape index (κ3) is 3.59. The molecule has 0 aliphatic rings. The zero-order valence-electron chi connectivity index (χ0n) is 8.63. The van der Waals surface area contributed by atoms with Gasteiger partial charge < -0.3 is 4.74 Å². The number of hydrogen-bond acceptors (Lipinski definition) is 1. The maximum atomic E-state index is 5.58. The Labute approximate surface area is 91.0 Å². The van der Waals surface area contributed by atoms with Crippen molar-refractivity contribution in [3.05, 3.63) is 29.8 Å². The van der Waals surface area contributed by atoms with Crippen molar-refractivity contribution in [1.82, 2.24) is 0 Å². The molecule has 1 aromatic carbocycles. The van der Waals surface area contributed by atoms with Crippen molar-refractivity contribution in [3.8, 4) is 5.75 Å². The van der Waals surface area contributed by atoms with E-state index in [9.17, 15) is 0 Å². The van der Waals surface area contributed by atoms with Gasteiger partial charge in [0.2, 0.25) is 0 Å². The van der Waals surface area contributed by atoms with Crippen molar-refractivity contribution in [3.63, 3.8) is 0 Å². The highest BCUT2D eigenvalue weighted by Crippen LogP contribution is 2.19. The molecule has 0 unspecified atom stereocenters. The van der Waals surface area contributed by atoms with E-state index in [0.29, 0.717) is 12.5 Å². The summed E-state index contributed by atoms with van der Waals surface area (Å²) in [4.78, 5) is 0. The molecule has 2 heteroatoms. The number of ether oxygens (including phenoxy) is 1. The second-order valence-electron chi connectivity index (χ2n) is 3.25. The molecule has 0 amide bonds. The van der Waals surface area contributed by atoms with Gasteiger partial charge in [0.1, 0.15) is 12.4 Å². The summed E-state index contributed by atoms with van der Waals surface area (Å²) in [5, 5.41) is 0. The first kappa shape index (κ1) is 11.4. The average molecular weight is 213 g/mol. The number of alkyl halides is 1. The number of para-hydroxylation sites is 1. The fourth-order valence-corrected chi connectivity index (χ4v) is 1.44. The first-order valence-corrected chi connectivity index (χ1v) is 5.68. The minimum atomic E-state index is 0.544. The zero-order chi connectivity index (χ0) is 10.2. The smallest absolute Gasteiger partial charge is 0.122 e.